The summed E-state index contributed by atoms with van der Waals surface area (Å²) in [6.45, 7) is 24.9. The summed E-state index contributed by atoms with van der Waals surface area (Å²) >= 11 is 0. The van der Waals surface area contributed by atoms with E-state index in [4.69, 9.17) is 4.43 Å². The molecular formula is C25H38OSi. The molecule has 0 aromatic heterocycles. The molecule has 2 aromatic carbocycles. The summed E-state index contributed by atoms with van der Waals surface area (Å²) in [6, 6.07) is 11.5. The van der Waals surface area contributed by atoms with Crippen molar-refractivity contribution < 1.29 is 4.43 Å². The smallest absolute Gasteiger partial charge is 0.242 e. The summed E-state index contributed by atoms with van der Waals surface area (Å²) in [6.07, 6.45) is 0. The van der Waals surface area contributed by atoms with Crippen LogP contribution in [0.2, 0.25) is 19.6 Å². The molecule has 2 rings (SSSR count). The van der Waals surface area contributed by atoms with Crippen LogP contribution in [-0.4, -0.2) is 8.32 Å². The molecule has 0 saturated heterocycles. The lowest BCUT2D eigenvalue weighted by Gasteiger charge is -2.34. The molecule has 0 aliphatic carbocycles. The second-order valence-corrected chi connectivity index (χ2v) is 15.4. The highest BCUT2D eigenvalue weighted by Crippen LogP contribution is 2.44. The second kappa shape index (κ2) is 7.13. The molecule has 0 spiro atoms. The standard InChI is InChI=1S/C25H38OSi/c1-17-12-13-20(18(2)14-17)19-15-21(24(3,4)5)23(26-27(9,10)11)22(16-19)25(6,7)8/h12-16H,1-11H3. The van der Waals surface area contributed by atoms with E-state index in [0.717, 1.165) is 5.75 Å². The number of hydrogen-bond acceptors (Lipinski definition) is 1. The summed E-state index contributed by atoms with van der Waals surface area (Å²) in [5, 5.41) is 0. The molecular weight excluding hydrogens is 344 g/mol. The molecule has 2 heteroatoms. The van der Waals surface area contributed by atoms with E-state index >= 15 is 0 Å². The zero-order valence-electron chi connectivity index (χ0n) is 19.3. The molecule has 2 aromatic rings. The minimum atomic E-state index is -1.73. The van der Waals surface area contributed by atoms with Gasteiger partial charge >= 0.3 is 0 Å². The number of aryl methyl sites for hydroxylation is 2. The summed E-state index contributed by atoms with van der Waals surface area (Å²) in [7, 11) is -1.73. The molecule has 0 fully saturated rings. The first-order chi connectivity index (χ1) is 12.1. The maximum Gasteiger partial charge on any atom is 0.242 e. The zero-order chi connectivity index (χ0) is 20.8. The molecule has 0 amide bonds. The topological polar surface area (TPSA) is 9.23 Å². The maximum absolute atomic E-state index is 6.70. The summed E-state index contributed by atoms with van der Waals surface area (Å²) in [5.74, 6) is 1.11. The van der Waals surface area contributed by atoms with Gasteiger partial charge in [-0.3, -0.25) is 0 Å². The van der Waals surface area contributed by atoms with Crippen molar-refractivity contribution in [1.82, 2.24) is 0 Å². The zero-order valence-corrected chi connectivity index (χ0v) is 20.3. The first-order valence-electron chi connectivity index (χ1n) is 10.1. The van der Waals surface area contributed by atoms with Crippen molar-refractivity contribution in [2.45, 2.75) is 85.9 Å². The first-order valence-corrected chi connectivity index (χ1v) is 13.5. The summed E-state index contributed by atoms with van der Waals surface area (Å²) in [4.78, 5) is 0. The Morgan fingerprint density at radius 1 is 0.741 bits per heavy atom. The summed E-state index contributed by atoms with van der Waals surface area (Å²) < 4.78 is 6.70. The van der Waals surface area contributed by atoms with Crippen LogP contribution in [0.5, 0.6) is 5.75 Å². The first kappa shape index (κ1) is 21.8. The second-order valence-electron chi connectivity index (χ2n) is 10.9. The Morgan fingerprint density at radius 3 is 1.59 bits per heavy atom. The van der Waals surface area contributed by atoms with Gasteiger partial charge in [-0.15, -0.1) is 0 Å². The fraction of sp³-hybridized carbons (Fsp3) is 0.520. The van der Waals surface area contributed by atoms with Gasteiger partial charge in [0.25, 0.3) is 0 Å². The van der Waals surface area contributed by atoms with Gasteiger partial charge in [-0.1, -0.05) is 65.3 Å². The Hall–Kier alpha value is -1.54. The van der Waals surface area contributed by atoms with Gasteiger partial charge in [-0.25, -0.2) is 0 Å². The lowest BCUT2D eigenvalue weighted by atomic mass is 9.77. The SMILES string of the molecule is Cc1ccc(-c2cc(C(C)(C)C)c(O[Si](C)(C)C)c(C(C)(C)C)c2)c(C)c1. The van der Waals surface area contributed by atoms with Gasteiger partial charge in [0.1, 0.15) is 5.75 Å². The highest BCUT2D eigenvalue weighted by molar-refractivity contribution is 6.70. The molecule has 0 N–H and O–H groups in total. The lowest BCUT2D eigenvalue weighted by molar-refractivity contribution is 0.478. The van der Waals surface area contributed by atoms with Crippen molar-refractivity contribution >= 4 is 8.32 Å². The molecule has 0 atom stereocenters. The Labute approximate surface area is 168 Å². The normalized spacial score (nSPS) is 13.0. The van der Waals surface area contributed by atoms with Gasteiger partial charge in [0, 0.05) is 0 Å². The van der Waals surface area contributed by atoms with Crippen LogP contribution < -0.4 is 4.43 Å². The fourth-order valence-electron chi connectivity index (χ4n) is 3.45. The van der Waals surface area contributed by atoms with Crippen LogP contribution in [0.4, 0.5) is 0 Å². The number of rotatable bonds is 3. The third-order valence-electron chi connectivity index (χ3n) is 4.81. The highest BCUT2D eigenvalue weighted by Gasteiger charge is 2.31. The predicted molar refractivity (Wildman–Crippen MR) is 123 cm³/mol. The van der Waals surface area contributed by atoms with E-state index in [-0.39, 0.29) is 10.8 Å². The van der Waals surface area contributed by atoms with E-state index < -0.39 is 8.32 Å². The minimum Gasteiger partial charge on any atom is -0.544 e. The van der Waals surface area contributed by atoms with E-state index in [9.17, 15) is 0 Å². The fourth-order valence-corrected chi connectivity index (χ4v) is 4.28. The van der Waals surface area contributed by atoms with E-state index in [2.05, 4.69) is 105 Å². The molecule has 0 unspecified atom stereocenters. The average molecular weight is 383 g/mol. The van der Waals surface area contributed by atoms with Gasteiger partial charge in [-0.2, -0.15) is 0 Å². The molecule has 0 heterocycles. The van der Waals surface area contributed by atoms with E-state index in [1.807, 2.05) is 0 Å². The van der Waals surface area contributed by atoms with Crippen LogP contribution >= 0.6 is 0 Å². The molecule has 0 aliphatic heterocycles. The van der Waals surface area contributed by atoms with Crippen molar-refractivity contribution in [2.75, 3.05) is 0 Å². The molecule has 1 nitrogen and oxygen atoms in total. The van der Waals surface area contributed by atoms with Gasteiger partial charge in [0.05, 0.1) is 0 Å². The van der Waals surface area contributed by atoms with E-state index in [1.165, 1.54) is 33.4 Å². The van der Waals surface area contributed by atoms with Gasteiger partial charge in [0.15, 0.2) is 0 Å². The predicted octanol–water partition coefficient (Wildman–Crippen LogP) is 7.78. The third kappa shape index (κ3) is 5.25. The Morgan fingerprint density at radius 2 is 1.22 bits per heavy atom. The minimum absolute atomic E-state index is 0.0175. The van der Waals surface area contributed by atoms with Crippen LogP contribution in [0.1, 0.15) is 63.8 Å². The molecule has 0 saturated carbocycles. The van der Waals surface area contributed by atoms with Crippen LogP contribution in [0.25, 0.3) is 11.1 Å². The monoisotopic (exact) mass is 382 g/mol. The average Bonchev–Trinajstić information content (AvgIpc) is 2.43. The van der Waals surface area contributed by atoms with Crippen LogP contribution in [0.15, 0.2) is 30.3 Å². The Bertz CT molecular complexity index is 792. The van der Waals surface area contributed by atoms with Crippen molar-refractivity contribution in [1.29, 1.82) is 0 Å². The van der Waals surface area contributed by atoms with Crippen molar-refractivity contribution in [2.24, 2.45) is 0 Å². The Balaban J connectivity index is 2.86. The highest BCUT2D eigenvalue weighted by atomic mass is 28.4. The van der Waals surface area contributed by atoms with Crippen LogP contribution in [0.3, 0.4) is 0 Å². The lowest BCUT2D eigenvalue weighted by Crippen LogP contribution is -2.32. The van der Waals surface area contributed by atoms with E-state index in [0.29, 0.717) is 0 Å². The van der Waals surface area contributed by atoms with Gasteiger partial charge < -0.3 is 4.43 Å². The van der Waals surface area contributed by atoms with E-state index in [1.54, 1.807) is 0 Å². The van der Waals surface area contributed by atoms with Gasteiger partial charge in [-0.05, 0) is 84.3 Å². The van der Waals surface area contributed by atoms with Crippen LogP contribution in [-0.2, 0) is 10.8 Å². The number of hydrogen-bond donors (Lipinski definition) is 0. The maximum atomic E-state index is 6.70. The van der Waals surface area contributed by atoms with Gasteiger partial charge in [0.2, 0.25) is 8.32 Å². The summed E-state index contributed by atoms with van der Waals surface area (Å²) in [5.41, 5.74) is 7.91. The number of benzene rings is 2. The molecule has 0 aliphatic rings. The largest absolute Gasteiger partial charge is 0.544 e. The Kier molecular flexibility index (Phi) is 5.74. The molecule has 148 valence electrons. The molecule has 0 radical (unpaired) electrons. The quantitative estimate of drug-likeness (QED) is 0.492. The van der Waals surface area contributed by atoms with Crippen molar-refractivity contribution in [3.05, 3.63) is 52.6 Å². The molecule has 0 bridgehead atoms. The third-order valence-corrected chi connectivity index (χ3v) is 5.62. The molecule has 27 heavy (non-hydrogen) atoms. The van der Waals surface area contributed by atoms with Crippen LogP contribution in [0, 0.1) is 13.8 Å². The van der Waals surface area contributed by atoms with Crippen molar-refractivity contribution in [3.8, 4) is 16.9 Å². The van der Waals surface area contributed by atoms with Crippen molar-refractivity contribution in [3.63, 3.8) is 0 Å².